The molecule has 1 rings (SSSR count). The maximum atomic E-state index is 12.1. The summed E-state index contributed by atoms with van der Waals surface area (Å²) in [6.07, 6.45) is -1.50. The Kier molecular flexibility index (Phi) is 3.93. The maximum Gasteiger partial charge on any atom is 0.405 e. The van der Waals surface area contributed by atoms with Gasteiger partial charge >= 0.3 is 6.18 Å². The molecule has 0 amide bonds. The van der Waals surface area contributed by atoms with E-state index in [0.29, 0.717) is 16.3 Å². The third kappa shape index (κ3) is 3.61. The van der Waals surface area contributed by atoms with Crippen LogP contribution in [-0.2, 0) is 0 Å². The minimum Gasteiger partial charge on any atom is -0.401 e. The van der Waals surface area contributed by atoms with Gasteiger partial charge in [0.1, 0.15) is 18.7 Å². The largest absolute Gasteiger partial charge is 0.405 e. The first-order chi connectivity index (χ1) is 7.85. The zero-order valence-corrected chi connectivity index (χ0v) is 9.47. The van der Waals surface area contributed by atoms with Crippen LogP contribution in [0.1, 0.15) is 13.8 Å². The summed E-state index contributed by atoms with van der Waals surface area (Å²) < 4.78 is 36.3. The topological polar surface area (TPSA) is 63.8 Å². The molecule has 1 aromatic rings. The van der Waals surface area contributed by atoms with Crippen molar-refractivity contribution in [2.24, 2.45) is 5.73 Å². The van der Waals surface area contributed by atoms with Crippen LogP contribution in [-0.4, -0.2) is 22.7 Å². The molecule has 0 bridgehead atoms. The van der Waals surface area contributed by atoms with Crippen LogP contribution in [0, 0.1) is 0 Å². The second-order valence-electron chi connectivity index (χ2n) is 3.42. The van der Waals surface area contributed by atoms with Crippen LogP contribution < -0.4 is 21.6 Å². The quantitative estimate of drug-likeness (QED) is 0.789. The van der Waals surface area contributed by atoms with E-state index in [9.17, 15) is 13.2 Å². The Bertz CT molecular complexity index is 503. The lowest BCUT2D eigenvalue weighted by atomic mass is 10.3. The number of hydrogen-bond acceptors (Lipinski definition) is 4. The summed E-state index contributed by atoms with van der Waals surface area (Å²) in [7, 11) is 0. The molecule has 17 heavy (non-hydrogen) atoms. The van der Waals surface area contributed by atoms with Gasteiger partial charge in [-0.3, -0.25) is 0 Å². The van der Waals surface area contributed by atoms with Gasteiger partial charge in [-0.2, -0.15) is 13.2 Å². The summed E-state index contributed by atoms with van der Waals surface area (Å²) in [6.45, 7) is 2.17. The van der Waals surface area contributed by atoms with Crippen LogP contribution >= 0.6 is 0 Å². The van der Waals surface area contributed by atoms with E-state index in [1.165, 1.54) is 6.33 Å². The summed E-state index contributed by atoms with van der Waals surface area (Å²) in [5.74, 6) is 0.125. The van der Waals surface area contributed by atoms with Crippen molar-refractivity contribution in [2.75, 3.05) is 11.9 Å². The molecule has 0 fully saturated rings. The molecule has 1 aromatic heterocycles. The predicted molar refractivity (Wildman–Crippen MR) is 59.2 cm³/mol. The Morgan fingerprint density at radius 1 is 1.47 bits per heavy atom. The molecule has 7 heteroatoms. The standard InChI is InChI=1S/C10H13F3N4/c1-3-7-8(6(2)14)16-5-17-9(7)15-4-10(11,12)13/h3,5H,4,14H2,1-2H3,(H,15,16,17)/b7-3+,8-6-. The highest BCUT2D eigenvalue weighted by Gasteiger charge is 2.26. The van der Waals surface area contributed by atoms with Crippen molar-refractivity contribution < 1.29 is 13.2 Å². The summed E-state index contributed by atoms with van der Waals surface area (Å²) in [6, 6.07) is 0. The highest BCUT2D eigenvalue weighted by Crippen LogP contribution is 2.13. The second-order valence-corrected chi connectivity index (χ2v) is 3.42. The molecule has 3 N–H and O–H groups in total. The van der Waals surface area contributed by atoms with Crippen molar-refractivity contribution in [2.45, 2.75) is 20.0 Å². The zero-order valence-electron chi connectivity index (χ0n) is 9.47. The molecular weight excluding hydrogens is 233 g/mol. The molecule has 1 heterocycles. The summed E-state index contributed by atoms with van der Waals surface area (Å²) >= 11 is 0. The van der Waals surface area contributed by atoms with Crippen LogP contribution in [0.5, 0.6) is 0 Å². The number of alkyl halides is 3. The Morgan fingerprint density at radius 3 is 2.59 bits per heavy atom. The van der Waals surface area contributed by atoms with Crippen molar-refractivity contribution in [3.63, 3.8) is 0 Å². The zero-order chi connectivity index (χ0) is 13.1. The van der Waals surface area contributed by atoms with E-state index in [1.807, 2.05) is 0 Å². The SMILES string of the molecule is C/C=c1/c(NCC(F)(F)F)ncn/c1=C(/C)N. The maximum absolute atomic E-state index is 12.1. The van der Waals surface area contributed by atoms with Gasteiger partial charge in [0.05, 0.1) is 5.35 Å². The lowest BCUT2D eigenvalue weighted by molar-refractivity contribution is -0.115. The molecule has 0 atom stereocenters. The fourth-order valence-electron chi connectivity index (χ4n) is 1.31. The van der Waals surface area contributed by atoms with Crippen molar-refractivity contribution in [3.8, 4) is 0 Å². The third-order valence-corrected chi connectivity index (χ3v) is 2.00. The number of anilines is 1. The van der Waals surface area contributed by atoms with E-state index in [1.54, 1.807) is 19.9 Å². The van der Waals surface area contributed by atoms with E-state index in [0.717, 1.165) is 0 Å². The average Bonchev–Trinajstić information content (AvgIpc) is 2.24. The van der Waals surface area contributed by atoms with Gasteiger partial charge in [-0.25, -0.2) is 9.97 Å². The first-order valence-electron chi connectivity index (χ1n) is 4.89. The first-order valence-corrected chi connectivity index (χ1v) is 4.89. The molecule has 0 aliphatic rings. The second kappa shape index (κ2) is 5.03. The number of nitrogens with two attached hydrogens (primary N) is 1. The molecule has 4 nitrogen and oxygen atoms in total. The van der Waals surface area contributed by atoms with Gasteiger partial charge in [0.2, 0.25) is 0 Å². The molecule has 0 radical (unpaired) electrons. The van der Waals surface area contributed by atoms with Gasteiger partial charge in [0.25, 0.3) is 0 Å². The lowest BCUT2D eigenvalue weighted by Gasteiger charge is -2.09. The minimum absolute atomic E-state index is 0.125. The van der Waals surface area contributed by atoms with Gasteiger partial charge < -0.3 is 11.1 Å². The Morgan fingerprint density at radius 2 is 2.12 bits per heavy atom. The molecular formula is C10H13F3N4. The highest BCUT2D eigenvalue weighted by atomic mass is 19.4. The van der Waals surface area contributed by atoms with E-state index in [2.05, 4.69) is 15.3 Å². The summed E-state index contributed by atoms with van der Waals surface area (Å²) in [4.78, 5) is 7.70. The summed E-state index contributed by atoms with van der Waals surface area (Å²) in [5.41, 5.74) is 6.02. The fourth-order valence-corrected chi connectivity index (χ4v) is 1.31. The van der Waals surface area contributed by atoms with Crippen molar-refractivity contribution in [3.05, 3.63) is 16.9 Å². The van der Waals surface area contributed by atoms with Crippen LogP contribution in [0.2, 0.25) is 0 Å². The fraction of sp³-hybridized carbons (Fsp3) is 0.400. The molecule has 0 saturated heterocycles. The van der Waals surface area contributed by atoms with E-state index >= 15 is 0 Å². The van der Waals surface area contributed by atoms with Crippen molar-refractivity contribution in [1.29, 1.82) is 0 Å². The summed E-state index contributed by atoms with van der Waals surface area (Å²) in [5, 5.41) is 3.13. The molecule has 0 unspecified atom stereocenters. The molecule has 0 aliphatic carbocycles. The van der Waals surface area contributed by atoms with E-state index < -0.39 is 12.7 Å². The Labute approximate surface area is 96.1 Å². The molecule has 0 aliphatic heterocycles. The highest BCUT2D eigenvalue weighted by molar-refractivity contribution is 5.46. The van der Waals surface area contributed by atoms with Crippen LogP contribution in [0.4, 0.5) is 19.0 Å². The van der Waals surface area contributed by atoms with Crippen molar-refractivity contribution in [1.82, 2.24) is 9.97 Å². The monoisotopic (exact) mass is 246 g/mol. The van der Waals surface area contributed by atoms with E-state index in [4.69, 9.17) is 5.73 Å². The Balaban J connectivity index is 3.20. The number of rotatable bonds is 2. The number of aromatic nitrogens is 2. The van der Waals surface area contributed by atoms with Gasteiger partial charge in [-0.1, -0.05) is 6.08 Å². The van der Waals surface area contributed by atoms with Gasteiger partial charge in [0.15, 0.2) is 0 Å². The van der Waals surface area contributed by atoms with Crippen LogP contribution in [0.15, 0.2) is 6.33 Å². The minimum atomic E-state index is -4.29. The van der Waals surface area contributed by atoms with Gasteiger partial charge in [0, 0.05) is 10.9 Å². The smallest absolute Gasteiger partial charge is 0.401 e. The average molecular weight is 246 g/mol. The molecule has 0 spiro atoms. The molecule has 0 saturated carbocycles. The van der Waals surface area contributed by atoms with Gasteiger partial charge in [-0.05, 0) is 13.8 Å². The van der Waals surface area contributed by atoms with Crippen LogP contribution in [0.25, 0.3) is 11.8 Å². The number of hydrogen-bond donors (Lipinski definition) is 2. The lowest BCUT2D eigenvalue weighted by Crippen LogP contribution is -2.36. The number of nitrogens with one attached hydrogen (secondary N) is 1. The van der Waals surface area contributed by atoms with E-state index in [-0.39, 0.29) is 5.82 Å². The van der Waals surface area contributed by atoms with Crippen LogP contribution in [0.3, 0.4) is 0 Å². The normalized spacial score (nSPS) is 14.8. The van der Waals surface area contributed by atoms with Crippen molar-refractivity contribution >= 4 is 17.6 Å². The third-order valence-electron chi connectivity index (χ3n) is 2.00. The first kappa shape index (κ1) is 13.3. The number of nitrogens with zero attached hydrogens (tertiary/aromatic N) is 2. The van der Waals surface area contributed by atoms with Gasteiger partial charge in [-0.15, -0.1) is 0 Å². The molecule has 94 valence electrons. The number of halogens is 3. The molecule has 0 aromatic carbocycles. The Hall–Kier alpha value is -1.79. The predicted octanol–water partition coefficient (Wildman–Crippen LogP) is 0.338.